The maximum atomic E-state index is 4.31. The molecule has 0 amide bonds. The first-order valence-electron chi connectivity index (χ1n) is 8.20. The lowest BCUT2D eigenvalue weighted by Gasteiger charge is -2.38. The Hall–Kier alpha value is -0.520. The zero-order valence-electron chi connectivity index (χ0n) is 11.7. The Morgan fingerprint density at radius 3 is 2.33 bits per heavy atom. The van der Waals surface area contributed by atoms with Crippen molar-refractivity contribution >= 4 is 0 Å². The van der Waals surface area contributed by atoms with Gasteiger partial charge in [-0.2, -0.15) is 0 Å². The first-order valence-corrected chi connectivity index (χ1v) is 8.20. The summed E-state index contributed by atoms with van der Waals surface area (Å²) in [7, 11) is 0. The fourth-order valence-corrected chi connectivity index (χ4v) is 4.85. The van der Waals surface area contributed by atoms with Gasteiger partial charge in [-0.05, 0) is 49.4 Å². The Labute approximate surface area is 113 Å². The van der Waals surface area contributed by atoms with Gasteiger partial charge in [0.2, 0.25) is 0 Å². The predicted molar refractivity (Wildman–Crippen MR) is 78.4 cm³/mol. The van der Waals surface area contributed by atoms with Crippen molar-refractivity contribution < 1.29 is 0 Å². The maximum absolute atomic E-state index is 4.31. The molecule has 0 aliphatic heterocycles. The van der Waals surface area contributed by atoms with E-state index in [0.29, 0.717) is 0 Å². The molecule has 100 valence electrons. The molecule has 2 fully saturated rings. The standard InChI is InChI=1S/C18H28/c1-14-7-2-5-12-18(14)17-11-6-10-16(13-17)15-8-3-4-9-15/h2,7,15-18H,1,3-6,8-13H2/t16-,17?,18?/m1/s1. The molecular weight excluding hydrogens is 216 g/mol. The Morgan fingerprint density at radius 2 is 1.56 bits per heavy atom. The Bertz CT molecular complexity index is 319. The lowest BCUT2D eigenvalue weighted by atomic mass is 9.67. The van der Waals surface area contributed by atoms with Crippen LogP contribution in [0.15, 0.2) is 24.3 Å². The highest BCUT2D eigenvalue weighted by Gasteiger charge is 2.34. The van der Waals surface area contributed by atoms with Crippen LogP contribution in [0.1, 0.15) is 64.2 Å². The van der Waals surface area contributed by atoms with Crippen LogP contribution in [0.5, 0.6) is 0 Å². The minimum absolute atomic E-state index is 0.819. The highest BCUT2D eigenvalue weighted by Crippen LogP contribution is 2.45. The van der Waals surface area contributed by atoms with Crippen molar-refractivity contribution in [3.63, 3.8) is 0 Å². The fourth-order valence-electron chi connectivity index (χ4n) is 4.85. The van der Waals surface area contributed by atoms with Crippen molar-refractivity contribution in [2.45, 2.75) is 64.2 Å². The lowest BCUT2D eigenvalue weighted by Crippen LogP contribution is -2.27. The summed E-state index contributed by atoms with van der Waals surface area (Å²) in [5.41, 5.74) is 1.43. The first-order chi connectivity index (χ1) is 8.84. The second kappa shape index (κ2) is 5.63. The third-order valence-electron chi connectivity index (χ3n) is 5.84. The molecule has 18 heavy (non-hydrogen) atoms. The van der Waals surface area contributed by atoms with E-state index in [1.807, 2.05) is 0 Å². The highest BCUT2D eigenvalue weighted by atomic mass is 14.4. The minimum Gasteiger partial charge on any atom is -0.0956 e. The summed E-state index contributed by atoms with van der Waals surface area (Å²) in [6.45, 7) is 4.31. The van der Waals surface area contributed by atoms with Crippen molar-refractivity contribution in [2.75, 3.05) is 0 Å². The fraction of sp³-hybridized carbons (Fsp3) is 0.778. The van der Waals surface area contributed by atoms with Crippen LogP contribution in [0.2, 0.25) is 0 Å². The Morgan fingerprint density at radius 1 is 0.833 bits per heavy atom. The predicted octanol–water partition coefficient (Wildman–Crippen LogP) is 5.51. The molecule has 3 aliphatic rings. The van der Waals surface area contributed by atoms with Gasteiger partial charge in [-0.15, -0.1) is 0 Å². The van der Waals surface area contributed by atoms with E-state index in [0.717, 1.165) is 23.7 Å². The zero-order valence-corrected chi connectivity index (χ0v) is 11.7. The van der Waals surface area contributed by atoms with Crippen LogP contribution in [0.4, 0.5) is 0 Å². The van der Waals surface area contributed by atoms with Crippen LogP contribution < -0.4 is 0 Å². The third-order valence-corrected chi connectivity index (χ3v) is 5.84. The van der Waals surface area contributed by atoms with Gasteiger partial charge < -0.3 is 0 Å². The molecule has 3 atom stereocenters. The van der Waals surface area contributed by atoms with E-state index in [9.17, 15) is 0 Å². The Balaban J connectivity index is 1.62. The van der Waals surface area contributed by atoms with E-state index < -0.39 is 0 Å². The van der Waals surface area contributed by atoms with Gasteiger partial charge in [-0.3, -0.25) is 0 Å². The number of hydrogen-bond acceptors (Lipinski definition) is 0. The molecule has 0 spiro atoms. The summed E-state index contributed by atoms with van der Waals surface area (Å²) < 4.78 is 0. The molecule has 3 rings (SSSR count). The van der Waals surface area contributed by atoms with E-state index in [1.54, 1.807) is 0 Å². The third kappa shape index (κ3) is 2.58. The van der Waals surface area contributed by atoms with Crippen LogP contribution in [0, 0.1) is 23.7 Å². The van der Waals surface area contributed by atoms with Crippen LogP contribution in [0.3, 0.4) is 0 Å². The van der Waals surface area contributed by atoms with Gasteiger partial charge in [0.25, 0.3) is 0 Å². The summed E-state index contributed by atoms with van der Waals surface area (Å²) in [4.78, 5) is 0. The topological polar surface area (TPSA) is 0 Å². The molecule has 0 saturated heterocycles. The number of hydrogen-bond donors (Lipinski definition) is 0. The van der Waals surface area contributed by atoms with Crippen molar-refractivity contribution in [3.8, 4) is 0 Å². The van der Waals surface area contributed by atoms with Crippen LogP contribution >= 0.6 is 0 Å². The molecule has 0 heterocycles. The number of rotatable bonds is 2. The van der Waals surface area contributed by atoms with Crippen molar-refractivity contribution in [3.05, 3.63) is 24.3 Å². The van der Waals surface area contributed by atoms with Crippen molar-refractivity contribution in [1.82, 2.24) is 0 Å². The second-order valence-corrected chi connectivity index (χ2v) is 6.89. The van der Waals surface area contributed by atoms with E-state index in [4.69, 9.17) is 0 Å². The van der Waals surface area contributed by atoms with Crippen molar-refractivity contribution in [1.29, 1.82) is 0 Å². The molecule has 0 aromatic rings. The monoisotopic (exact) mass is 244 g/mol. The smallest absolute Gasteiger partial charge is 0.0137 e. The van der Waals surface area contributed by atoms with Gasteiger partial charge in [0.1, 0.15) is 0 Å². The van der Waals surface area contributed by atoms with E-state index in [1.165, 1.54) is 69.8 Å². The molecule has 0 aromatic heterocycles. The SMILES string of the molecule is C=C1C=CCCC1C1CCC[C@@H](C2CCCC2)C1. The van der Waals surface area contributed by atoms with E-state index >= 15 is 0 Å². The summed E-state index contributed by atoms with van der Waals surface area (Å²) >= 11 is 0. The normalized spacial score (nSPS) is 38.2. The van der Waals surface area contributed by atoms with E-state index in [-0.39, 0.29) is 0 Å². The maximum Gasteiger partial charge on any atom is -0.0137 e. The quantitative estimate of drug-likeness (QED) is 0.601. The van der Waals surface area contributed by atoms with Crippen molar-refractivity contribution in [2.24, 2.45) is 23.7 Å². The van der Waals surface area contributed by atoms with Gasteiger partial charge in [0.05, 0.1) is 0 Å². The molecule has 0 nitrogen and oxygen atoms in total. The molecule has 0 N–H and O–H groups in total. The summed E-state index contributed by atoms with van der Waals surface area (Å²) in [6, 6.07) is 0. The second-order valence-electron chi connectivity index (χ2n) is 6.89. The Kier molecular flexibility index (Phi) is 3.91. The molecular formula is C18H28. The average molecular weight is 244 g/mol. The summed E-state index contributed by atoms with van der Waals surface area (Å²) in [5, 5.41) is 0. The van der Waals surface area contributed by atoms with Crippen LogP contribution in [-0.2, 0) is 0 Å². The van der Waals surface area contributed by atoms with Gasteiger partial charge in [0.15, 0.2) is 0 Å². The molecule has 2 saturated carbocycles. The minimum atomic E-state index is 0.819. The molecule has 3 aliphatic carbocycles. The summed E-state index contributed by atoms with van der Waals surface area (Å²) in [6.07, 6.45) is 19.3. The molecule has 0 heteroatoms. The van der Waals surface area contributed by atoms with E-state index in [2.05, 4.69) is 18.7 Å². The van der Waals surface area contributed by atoms with Gasteiger partial charge in [-0.1, -0.05) is 62.8 Å². The average Bonchev–Trinajstić information content (AvgIpc) is 2.93. The summed E-state index contributed by atoms with van der Waals surface area (Å²) in [5.74, 6) is 3.92. The van der Waals surface area contributed by atoms with Crippen LogP contribution in [0.25, 0.3) is 0 Å². The molecule has 2 unspecified atom stereocenters. The lowest BCUT2D eigenvalue weighted by molar-refractivity contribution is 0.160. The first kappa shape index (κ1) is 12.5. The zero-order chi connectivity index (χ0) is 12.4. The van der Waals surface area contributed by atoms with Gasteiger partial charge in [-0.25, -0.2) is 0 Å². The number of allylic oxidation sites excluding steroid dienone is 3. The van der Waals surface area contributed by atoms with Gasteiger partial charge in [0, 0.05) is 0 Å². The molecule has 0 radical (unpaired) electrons. The molecule has 0 bridgehead atoms. The molecule has 0 aromatic carbocycles. The van der Waals surface area contributed by atoms with Gasteiger partial charge >= 0.3 is 0 Å². The highest BCUT2D eigenvalue weighted by molar-refractivity contribution is 5.22. The largest absolute Gasteiger partial charge is 0.0956 e. The van der Waals surface area contributed by atoms with Crippen LogP contribution in [-0.4, -0.2) is 0 Å².